The summed E-state index contributed by atoms with van der Waals surface area (Å²) in [6.45, 7) is 1.48. The fourth-order valence-electron chi connectivity index (χ4n) is 3.31. The number of rotatable bonds is 4. The number of aromatic nitrogens is 4. The number of aromatic amines is 1. The molecule has 4 rings (SSSR count). The molecule has 1 saturated heterocycles. The number of nitrogens with one attached hydrogen (secondary N) is 2. The van der Waals surface area contributed by atoms with Gasteiger partial charge in [0.25, 0.3) is 5.91 Å². The van der Waals surface area contributed by atoms with Crippen LogP contribution in [0.15, 0.2) is 55.2 Å². The van der Waals surface area contributed by atoms with Gasteiger partial charge < -0.3 is 15.2 Å². The predicted octanol–water partition coefficient (Wildman–Crippen LogP) is 2.96. The van der Waals surface area contributed by atoms with Crippen LogP contribution in [0.1, 0.15) is 34.8 Å². The van der Waals surface area contributed by atoms with E-state index in [9.17, 15) is 4.79 Å². The third-order valence-corrected chi connectivity index (χ3v) is 4.61. The summed E-state index contributed by atoms with van der Waals surface area (Å²) in [5.74, 6) is 1.83. The van der Waals surface area contributed by atoms with Gasteiger partial charge in [-0.25, -0.2) is 15.0 Å². The van der Waals surface area contributed by atoms with Gasteiger partial charge in [-0.2, -0.15) is 0 Å². The molecule has 2 N–H and O–H groups in total. The normalized spacial score (nSPS) is 17.1. The van der Waals surface area contributed by atoms with Gasteiger partial charge in [0, 0.05) is 31.4 Å². The summed E-state index contributed by atoms with van der Waals surface area (Å²) < 4.78 is 0. The molecule has 0 radical (unpaired) electrons. The van der Waals surface area contributed by atoms with E-state index in [-0.39, 0.29) is 5.91 Å². The van der Waals surface area contributed by atoms with Crippen LogP contribution in [-0.4, -0.2) is 43.8 Å². The molecule has 1 fully saturated rings. The van der Waals surface area contributed by atoms with Crippen LogP contribution in [0.2, 0.25) is 0 Å². The molecule has 1 atom stereocenters. The number of H-pyrrole nitrogens is 1. The number of amides is 1. The zero-order valence-corrected chi connectivity index (χ0v) is 14.3. The number of pyridine rings is 2. The molecule has 1 unspecified atom stereocenters. The molecule has 1 aliphatic rings. The summed E-state index contributed by atoms with van der Waals surface area (Å²) >= 11 is 0. The standard InChI is InChI=1S/C19H20N6O/c26-19(16-11-20-13-23-16)25-9-3-4-15(12-25)14-6-8-22-18(10-14)24-17-5-1-2-7-21-17/h1-2,5-8,10-11,13,15H,3-4,9,12H2,(H,20,23)(H,21,22,24). The predicted molar refractivity (Wildman–Crippen MR) is 98.2 cm³/mol. The van der Waals surface area contributed by atoms with Crippen LogP contribution in [0.3, 0.4) is 0 Å². The van der Waals surface area contributed by atoms with Gasteiger partial charge in [0.15, 0.2) is 0 Å². The number of likely N-dealkylation sites (tertiary alicyclic amines) is 1. The summed E-state index contributed by atoms with van der Waals surface area (Å²) in [4.78, 5) is 29.9. The molecule has 0 aliphatic carbocycles. The van der Waals surface area contributed by atoms with Crippen LogP contribution in [0, 0.1) is 0 Å². The molecular formula is C19H20N6O. The Balaban J connectivity index is 1.48. The molecule has 26 heavy (non-hydrogen) atoms. The molecule has 7 heteroatoms. The van der Waals surface area contributed by atoms with Crippen molar-refractivity contribution in [1.82, 2.24) is 24.8 Å². The van der Waals surface area contributed by atoms with Crippen molar-refractivity contribution in [2.45, 2.75) is 18.8 Å². The molecule has 3 aromatic heterocycles. The van der Waals surface area contributed by atoms with Crippen LogP contribution >= 0.6 is 0 Å². The molecule has 7 nitrogen and oxygen atoms in total. The Morgan fingerprint density at radius 1 is 1.19 bits per heavy atom. The smallest absolute Gasteiger partial charge is 0.271 e. The fraction of sp³-hybridized carbons (Fsp3) is 0.263. The van der Waals surface area contributed by atoms with Gasteiger partial charge in [-0.05, 0) is 42.7 Å². The van der Waals surface area contributed by atoms with Crippen molar-refractivity contribution in [3.63, 3.8) is 0 Å². The second-order valence-electron chi connectivity index (χ2n) is 6.37. The maximum atomic E-state index is 12.6. The van der Waals surface area contributed by atoms with E-state index in [0.29, 0.717) is 18.2 Å². The average Bonchev–Trinajstić information content (AvgIpc) is 3.23. The quantitative estimate of drug-likeness (QED) is 0.757. The Morgan fingerprint density at radius 2 is 2.12 bits per heavy atom. The van der Waals surface area contributed by atoms with E-state index in [1.54, 1.807) is 18.6 Å². The van der Waals surface area contributed by atoms with Crippen molar-refractivity contribution in [2.75, 3.05) is 18.4 Å². The van der Waals surface area contributed by atoms with Gasteiger partial charge in [0.05, 0.1) is 12.5 Å². The number of hydrogen-bond acceptors (Lipinski definition) is 5. The van der Waals surface area contributed by atoms with E-state index in [4.69, 9.17) is 0 Å². The molecule has 4 heterocycles. The van der Waals surface area contributed by atoms with Gasteiger partial charge in [-0.15, -0.1) is 0 Å². The Kier molecular flexibility index (Phi) is 4.59. The van der Waals surface area contributed by atoms with Crippen molar-refractivity contribution in [1.29, 1.82) is 0 Å². The van der Waals surface area contributed by atoms with Crippen molar-refractivity contribution >= 4 is 17.5 Å². The van der Waals surface area contributed by atoms with E-state index < -0.39 is 0 Å². The van der Waals surface area contributed by atoms with Gasteiger partial charge in [-0.3, -0.25) is 4.79 Å². The Bertz CT molecular complexity index is 865. The Morgan fingerprint density at radius 3 is 2.92 bits per heavy atom. The minimum Gasteiger partial charge on any atom is -0.341 e. The van der Waals surface area contributed by atoms with Crippen LogP contribution < -0.4 is 5.32 Å². The second-order valence-corrected chi connectivity index (χ2v) is 6.37. The van der Waals surface area contributed by atoms with Crippen LogP contribution in [0.5, 0.6) is 0 Å². The SMILES string of the molecule is O=C(c1cnc[nH]1)N1CCCC(c2ccnc(Nc3ccccn3)c2)C1. The zero-order valence-electron chi connectivity index (χ0n) is 14.3. The number of imidazole rings is 1. The first-order valence-electron chi connectivity index (χ1n) is 8.71. The summed E-state index contributed by atoms with van der Waals surface area (Å²) in [5.41, 5.74) is 1.72. The summed E-state index contributed by atoms with van der Waals surface area (Å²) in [5, 5.41) is 3.22. The molecule has 1 aliphatic heterocycles. The highest BCUT2D eigenvalue weighted by Gasteiger charge is 2.26. The molecule has 1 amide bonds. The van der Waals surface area contributed by atoms with Crippen LogP contribution in [0.25, 0.3) is 0 Å². The monoisotopic (exact) mass is 348 g/mol. The topological polar surface area (TPSA) is 86.8 Å². The molecule has 132 valence electrons. The van der Waals surface area contributed by atoms with E-state index in [1.807, 2.05) is 35.2 Å². The van der Waals surface area contributed by atoms with Gasteiger partial charge in [-0.1, -0.05) is 6.07 Å². The van der Waals surface area contributed by atoms with Crippen molar-refractivity contribution in [2.24, 2.45) is 0 Å². The highest BCUT2D eigenvalue weighted by Crippen LogP contribution is 2.29. The maximum absolute atomic E-state index is 12.6. The largest absolute Gasteiger partial charge is 0.341 e. The minimum absolute atomic E-state index is 0.00749. The first kappa shape index (κ1) is 16.3. The minimum atomic E-state index is 0.00749. The summed E-state index contributed by atoms with van der Waals surface area (Å²) in [7, 11) is 0. The lowest BCUT2D eigenvalue weighted by molar-refractivity contribution is 0.0702. The first-order chi connectivity index (χ1) is 12.8. The fourth-order valence-corrected chi connectivity index (χ4v) is 3.31. The third-order valence-electron chi connectivity index (χ3n) is 4.61. The number of carbonyl (C=O) groups excluding carboxylic acids is 1. The van der Waals surface area contributed by atoms with Crippen LogP contribution in [0.4, 0.5) is 11.6 Å². The Labute approximate surface area is 151 Å². The van der Waals surface area contributed by atoms with E-state index >= 15 is 0 Å². The molecule has 3 aromatic rings. The van der Waals surface area contributed by atoms with Gasteiger partial charge in [0.2, 0.25) is 0 Å². The molecule has 0 bridgehead atoms. The first-order valence-corrected chi connectivity index (χ1v) is 8.71. The molecular weight excluding hydrogens is 328 g/mol. The van der Waals surface area contributed by atoms with Crippen LogP contribution in [-0.2, 0) is 0 Å². The van der Waals surface area contributed by atoms with E-state index in [2.05, 4.69) is 25.3 Å². The number of nitrogens with zero attached hydrogens (tertiary/aromatic N) is 4. The highest BCUT2D eigenvalue weighted by atomic mass is 16.2. The van der Waals surface area contributed by atoms with E-state index in [1.165, 1.54) is 11.9 Å². The summed E-state index contributed by atoms with van der Waals surface area (Å²) in [6, 6.07) is 9.78. The Hall–Kier alpha value is -3.22. The van der Waals surface area contributed by atoms with Gasteiger partial charge >= 0.3 is 0 Å². The summed E-state index contributed by atoms with van der Waals surface area (Å²) in [6.07, 6.45) is 8.69. The number of carbonyl (C=O) groups is 1. The zero-order chi connectivity index (χ0) is 17.8. The van der Waals surface area contributed by atoms with E-state index in [0.717, 1.165) is 31.0 Å². The molecule has 0 aromatic carbocycles. The highest BCUT2D eigenvalue weighted by molar-refractivity contribution is 5.92. The number of hydrogen-bond donors (Lipinski definition) is 2. The number of anilines is 2. The third kappa shape index (κ3) is 3.56. The molecule has 0 saturated carbocycles. The molecule has 0 spiro atoms. The average molecular weight is 348 g/mol. The number of piperidine rings is 1. The lowest BCUT2D eigenvalue weighted by Crippen LogP contribution is -2.39. The van der Waals surface area contributed by atoms with Crippen molar-refractivity contribution in [3.8, 4) is 0 Å². The van der Waals surface area contributed by atoms with Crippen molar-refractivity contribution in [3.05, 3.63) is 66.5 Å². The van der Waals surface area contributed by atoms with Crippen molar-refractivity contribution < 1.29 is 4.79 Å². The lowest BCUT2D eigenvalue weighted by Gasteiger charge is -2.32. The lowest BCUT2D eigenvalue weighted by atomic mass is 9.91. The maximum Gasteiger partial charge on any atom is 0.271 e. The second kappa shape index (κ2) is 7.35. The van der Waals surface area contributed by atoms with Gasteiger partial charge in [0.1, 0.15) is 17.3 Å².